The largest absolute Gasteiger partial charge is 0.317 e. The molecule has 0 amide bonds. The van der Waals surface area contributed by atoms with Gasteiger partial charge in [-0.15, -0.1) is 6.58 Å². The molecule has 1 N–H and O–H groups in total. The first kappa shape index (κ1) is 8.72. The van der Waals surface area contributed by atoms with E-state index in [0.29, 0.717) is 19.3 Å². The van der Waals surface area contributed by atoms with Crippen molar-refractivity contribution in [1.82, 2.24) is 5.32 Å². The van der Waals surface area contributed by atoms with Crippen LogP contribution in [0.1, 0.15) is 25.7 Å². The molecular weight excluding hydrogens is 141 g/mol. The fourth-order valence-electron chi connectivity index (χ4n) is 1.56. The van der Waals surface area contributed by atoms with Crippen LogP contribution in [0.5, 0.6) is 0 Å². The highest BCUT2D eigenvalue weighted by Crippen LogP contribution is 2.27. The Morgan fingerprint density at radius 2 is 2.27 bits per heavy atom. The first-order chi connectivity index (χ1) is 5.27. The van der Waals surface area contributed by atoms with E-state index in [0.717, 1.165) is 19.5 Å². The normalized spacial score (nSPS) is 32.8. The second-order valence-electron chi connectivity index (χ2n) is 3.25. The predicted octanol–water partition coefficient (Wildman–Crippen LogP) is 2.04. The van der Waals surface area contributed by atoms with E-state index in [1.54, 1.807) is 6.08 Å². The molecule has 1 rings (SSSR count). The van der Waals surface area contributed by atoms with Crippen LogP contribution in [0.15, 0.2) is 12.7 Å². The third-order valence-corrected chi connectivity index (χ3v) is 2.24. The van der Waals surface area contributed by atoms with E-state index in [1.165, 1.54) is 0 Å². The third-order valence-electron chi connectivity index (χ3n) is 2.24. The molecule has 0 aliphatic carbocycles. The van der Waals surface area contributed by atoms with Crippen LogP contribution in [0.2, 0.25) is 0 Å². The number of hydrogen-bond donors (Lipinski definition) is 1. The lowest BCUT2D eigenvalue weighted by atomic mass is 9.93. The minimum absolute atomic E-state index is 0.509. The summed E-state index contributed by atoms with van der Waals surface area (Å²) in [5.74, 6) is 0. The molecule has 1 aliphatic heterocycles. The van der Waals surface area contributed by atoms with Gasteiger partial charge in [0.25, 0.3) is 0 Å². The topological polar surface area (TPSA) is 12.0 Å². The zero-order valence-corrected chi connectivity index (χ0v) is 6.91. The number of allylic oxidation sites excluding steroid dienone is 1. The minimum Gasteiger partial charge on any atom is -0.317 e. The Labute approximate surface area is 67.7 Å². The van der Waals surface area contributed by atoms with Gasteiger partial charge >= 0.3 is 0 Å². The van der Waals surface area contributed by atoms with Crippen LogP contribution >= 0.6 is 0 Å². The summed E-state index contributed by atoms with van der Waals surface area (Å²) in [5.41, 5.74) is -0.967. The highest BCUT2D eigenvalue weighted by molar-refractivity contribution is 4.89. The van der Waals surface area contributed by atoms with Gasteiger partial charge in [0, 0.05) is 0 Å². The van der Waals surface area contributed by atoms with E-state index in [9.17, 15) is 4.39 Å². The van der Waals surface area contributed by atoms with Crippen molar-refractivity contribution in [3.63, 3.8) is 0 Å². The Balaban J connectivity index is 2.44. The number of nitrogens with one attached hydrogen (secondary N) is 1. The van der Waals surface area contributed by atoms with E-state index in [-0.39, 0.29) is 0 Å². The number of halogens is 1. The average molecular weight is 157 g/mol. The lowest BCUT2D eigenvalue weighted by molar-refractivity contribution is 0.148. The lowest BCUT2D eigenvalue weighted by Gasteiger charge is -2.20. The fourth-order valence-corrected chi connectivity index (χ4v) is 1.56. The molecule has 1 nitrogen and oxygen atoms in total. The quantitative estimate of drug-likeness (QED) is 0.605. The minimum atomic E-state index is -0.967. The van der Waals surface area contributed by atoms with Crippen molar-refractivity contribution in [1.29, 1.82) is 0 Å². The molecule has 0 saturated carbocycles. The van der Waals surface area contributed by atoms with E-state index in [1.807, 2.05) is 0 Å². The summed E-state index contributed by atoms with van der Waals surface area (Å²) in [6.07, 6.45) is 4.47. The second-order valence-corrected chi connectivity index (χ2v) is 3.25. The first-order valence-corrected chi connectivity index (χ1v) is 4.27. The molecule has 64 valence electrons. The number of alkyl halides is 1. The maximum Gasteiger partial charge on any atom is 0.115 e. The summed E-state index contributed by atoms with van der Waals surface area (Å²) < 4.78 is 13.7. The first-order valence-electron chi connectivity index (χ1n) is 4.27. The standard InChI is InChI=1S/C9H16FN/c1-2-4-9(10)5-3-7-11-8-6-9/h2,11H,1,3-8H2. The second kappa shape index (κ2) is 3.86. The van der Waals surface area contributed by atoms with Gasteiger partial charge in [0.15, 0.2) is 0 Å². The highest BCUT2D eigenvalue weighted by Gasteiger charge is 2.28. The number of rotatable bonds is 2. The van der Waals surface area contributed by atoms with E-state index >= 15 is 0 Å². The summed E-state index contributed by atoms with van der Waals surface area (Å²) in [7, 11) is 0. The van der Waals surface area contributed by atoms with E-state index in [2.05, 4.69) is 11.9 Å². The summed E-state index contributed by atoms with van der Waals surface area (Å²) in [5, 5.41) is 3.19. The molecule has 0 aromatic carbocycles. The van der Waals surface area contributed by atoms with Crippen molar-refractivity contribution in [2.75, 3.05) is 13.1 Å². The van der Waals surface area contributed by atoms with Gasteiger partial charge in [0.05, 0.1) is 0 Å². The maximum absolute atomic E-state index is 13.7. The monoisotopic (exact) mass is 157 g/mol. The van der Waals surface area contributed by atoms with Crippen LogP contribution < -0.4 is 5.32 Å². The Hall–Kier alpha value is -0.370. The Bertz CT molecular complexity index is 126. The summed E-state index contributed by atoms with van der Waals surface area (Å²) in [6.45, 7) is 5.34. The highest BCUT2D eigenvalue weighted by atomic mass is 19.1. The predicted molar refractivity (Wildman–Crippen MR) is 45.4 cm³/mol. The Morgan fingerprint density at radius 3 is 3.00 bits per heavy atom. The molecule has 0 aromatic heterocycles. The molecular formula is C9H16FN. The van der Waals surface area contributed by atoms with E-state index in [4.69, 9.17) is 0 Å². The third kappa shape index (κ3) is 2.62. The Kier molecular flexibility index (Phi) is 3.06. The van der Waals surface area contributed by atoms with Gasteiger partial charge in [-0.05, 0) is 38.8 Å². The zero-order chi connectivity index (χ0) is 8.16. The van der Waals surface area contributed by atoms with Crippen LogP contribution in [0.3, 0.4) is 0 Å². The lowest BCUT2D eigenvalue weighted by Crippen LogP contribution is -2.23. The Morgan fingerprint density at radius 1 is 1.45 bits per heavy atom. The van der Waals surface area contributed by atoms with Crippen LogP contribution in [-0.2, 0) is 0 Å². The molecule has 0 radical (unpaired) electrons. The van der Waals surface area contributed by atoms with Crippen molar-refractivity contribution in [3.05, 3.63) is 12.7 Å². The maximum atomic E-state index is 13.7. The van der Waals surface area contributed by atoms with Gasteiger partial charge in [-0.3, -0.25) is 0 Å². The molecule has 1 fully saturated rings. The molecule has 1 saturated heterocycles. The molecule has 0 spiro atoms. The average Bonchev–Trinajstić information content (AvgIpc) is 2.15. The molecule has 11 heavy (non-hydrogen) atoms. The van der Waals surface area contributed by atoms with Crippen molar-refractivity contribution >= 4 is 0 Å². The fraction of sp³-hybridized carbons (Fsp3) is 0.778. The van der Waals surface area contributed by atoms with Gasteiger partial charge in [0.1, 0.15) is 5.67 Å². The van der Waals surface area contributed by atoms with Crippen LogP contribution in [-0.4, -0.2) is 18.8 Å². The molecule has 1 atom stereocenters. The van der Waals surface area contributed by atoms with Crippen LogP contribution in [0.4, 0.5) is 4.39 Å². The molecule has 1 heterocycles. The number of hydrogen-bond acceptors (Lipinski definition) is 1. The van der Waals surface area contributed by atoms with Gasteiger partial charge in [-0.25, -0.2) is 4.39 Å². The van der Waals surface area contributed by atoms with Crippen molar-refractivity contribution < 1.29 is 4.39 Å². The summed E-state index contributed by atoms with van der Waals surface area (Å²) in [6, 6.07) is 0. The SMILES string of the molecule is C=CCC1(F)CCCNCC1. The van der Waals surface area contributed by atoms with Gasteiger partial charge < -0.3 is 5.32 Å². The summed E-state index contributed by atoms with van der Waals surface area (Å²) >= 11 is 0. The van der Waals surface area contributed by atoms with E-state index < -0.39 is 5.67 Å². The molecule has 2 heteroatoms. The molecule has 1 aliphatic rings. The molecule has 1 unspecified atom stereocenters. The summed E-state index contributed by atoms with van der Waals surface area (Å²) in [4.78, 5) is 0. The zero-order valence-electron chi connectivity index (χ0n) is 6.91. The van der Waals surface area contributed by atoms with Crippen molar-refractivity contribution in [2.24, 2.45) is 0 Å². The van der Waals surface area contributed by atoms with Gasteiger partial charge in [-0.2, -0.15) is 0 Å². The molecule has 0 bridgehead atoms. The smallest absolute Gasteiger partial charge is 0.115 e. The van der Waals surface area contributed by atoms with Gasteiger partial charge in [0.2, 0.25) is 0 Å². The van der Waals surface area contributed by atoms with Gasteiger partial charge in [-0.1, -0.05) is 6.08 Å². The molecule has 0 aromatic rings. The van der Waals surface area contributed by atoms with Crippen LogP contribution in [0.25, 0.3) is 0 Å². The van der Waals surface area contributed by atoms with Crippen molar-refractivity contribution in [2.45, 2.75) is 31.4 Å². The van der Waals surface area contributed by atoms with Crippen LogP contribution in [0, 0.1) is 0 Å². The van der Waals surface area contributed by atoms with Crippen molar-refractivity contribution in [3.8, 4) is 0 Å².